The van der Waals surface area contributed by atoms with Crippen molar-refractivity contribution >= 4 is 27.4 Å². The Morgan fingerprint density at radius 3 is 2.89 bits per heavy atom. The van der Waals surface area contributed by atoms with Crippen LogP contribution in [0.3, 0.4) is 0 Å². The molecule has 0 aliphatic rings. The molecule has 1 aromatic carbocycles. The van der Waals surface area contributed by atoms with E-state index in [1.165, 1.54) is 15.6 Å². The molecule has 0 atom stereocenters. The Morgan fingerprint density at radius 2 is 2.11 bits per heavy atom. The van der Waals surface area contributed by atoms with Gasteiger partial charge in [0.15, 0.2) is 0 Å². The molecule has 3 nitrogen and oxygen atoms in total. The van der Waals surface area contributed by atoms with Gasteiger partial charge < -0.3 is 10.0 Å². The summed E-state index contributed by atoms with van der Waals surface area (Å²) in [5.74, 6) is -0.733. The third kappa shape index (κ3) is 3.31. The highest BCUT2D eigenvalue weighted by Crippen LogP contribution is 2.25. The summed E-state index contributed by atoms with van der Waals surface area (Å²) < 4.78 is 1.32. The molecule has 0 bridgehead atoms. The monoisotopic (exact) mass is 263 g/mol. The van der Waals surface area contributed by atoms with Crippen molar-refractivity contribution in [1.82, 2.24) is 4.90 Å². The van der Waals surface area contributed by atoms with E-state index in [4.69, 9.17) is 5.11 Å². The molecular weight excluding hydrogens is 246 g/mol. The first-order chi connectivity index (χ1) is 8.66. The van der Waals surface area contributed by atoms with E-state index in [2.05, 4.69) is 34.5 Å². The molecule has 0 spiro atoms. The van der Waals surface area contributed by atoms with Crippen molar-refractivity contribution in [3.63, 3.8) is 0 Å². The Balaban J connectivity index is 1.92. The first-order valence-corrected chi connectivity index (χ1v) is 6.90. The quantitative estimate of drug-likeness (QED) is 0.871. The predicted octanol–water partition coefficient (Wildman–Crippen LogP) is 2.85. The summed E-state index contributed by atoms with van der Waals surface area (Å²) in [5.41, 5.74) is 1.36. The molecule has 0 fully saturated rings. The topological polar surface area (TPSA) is 40.5 Å². The SMILES string of the molecule is CN(CCC(=O)O)CCc1csc2ccccc12. The Morgan fingerprint density at radius 1 is 1.33 bits per heavy atom. The van der Waals surface area contributed by atoms with Crippen LogP contribution >= 0.6 is 11.3 Å². The summed E-state index contributed by atoms with van der Waals surface area (Å²) in [4.78, 5) is 12.6. The van der Waals surface area contributed by atoms with Crippen LogP contribution in [0.2, 0.25) is 0 Å². The molecule has 18 heavy (non-hydrogen) atoms. The van der Waals surface area contributed by atoms with Gasteiger partial charge in [0.2, 0.25) is 0 Å². The van der Waals surface area contributed by atoms with Crippen LogP contribution in [-0.4, -0.2) is 36.1 Å². The Bertz CT molecular complexity index is 535. The number of thiophene rings is 1. The number of likely N-dealkylation sites (N-methyl/N-ethyl adjacent to an activating group) is 1. The first kappa shape index (κ1) is 13.1. The van der Waals surface area contributed by atoms with Gasteiger partial charge in [0, 0.05) is 17.8 Å². The highest BCUT2D eigenvalue weighted by atomic mass is 32.1. The van der Waals surface area contributed by atoms with Crippen molar-refractivity contribution in [2.75, 3.05) is 20.1 Å². The van der Waals surface area contributed by atoms with Gasteiger partial charge in [-0.1, -0.05) is 18.2 Å². The normalized spacial score (nSPS) is 11.2. The van der Waals surface area contributed by atoms with Crippen molar-refractivity contribution < 1.29 is 9.90 Å². The second kappa shape index (κ2) is 5.98. The Hall–Kier alpha value is -1.39. The number of carboxylic acids is 1. The lowest BCUT2D eigenvalue weighted by Crippen LogP contribution is -2.24. The van der Waals surface area contributed by atoms with Gasteiger partial charge in [-0.2, -0.15) is 0 Å². The number of aliphatic carboxylic acids is 1. The lowest BCUT2D eigenvalue weighted by Gasteiger charge is -2.14. The summed E-state index contributed by atoms with van der Waals surface area (Å²) in [6.07, 6.45) is 1.18. The molecule has 0 amide bonds. The average Bonchev–Trinajstić information content (AvgIpc) is 2.77. The molecular formula is C14H17NO2S. The maximum Gasteiger partial charge on any atom is 0.304 e. The number of rotatable bonds is 6. The lowest BCUT2D eigenvalue weighted by molar-refractivity contribution is -0.137. The van der Waals surface area contributed by atoms with Gasteiger partial charge in [0.1, 0.15) is 0 Å². The number of carboxylic acid groups (broad SMARTS) is 1. The van der Waals surface area contributed by atoms with Crippen molar-refractivity contribution in [2.24, 2.45) is 0 Å². The summed E-state index contributed by atoms with van der Waals surface area (Å²) in [6.45, 7) is 1.51. The third-order valence-electron chi connectivity index (χ3n) is 3.03. The minimum Gasteiger partial charge on any atom is -0.481 e. The fourth-order valence-electron chi connectivity index (χ4n) is 1.94. The molecule has 1 N–H and O–H groups in total. The van der Waals surface area contributed by atoms with Crippen LogP contribution in [-0.2, 0) is 11.2 Å². The van der Waals surface area contributed by atoms with E-state index in [0.717, 1.165) is 13.0 Å². The predicted molar refractivity (Wildman–Crippen MR) is 75.3 cm³/mol. The molecule has 0 aliphatic heterocycles. The van der Waals surface area contributed by atoms with E-state index in [1.54, 1.807) is 11.3 Å². The van der Waals surface area contributed by atoms with E-state index in [-0.39, 0.29) is 6.42 Å². The molecule has 0 unspecified atom stereocenters. The smallest absolute Gasteiger partial charge is 0.304 e. The maximum atomic E-state index is 10.5. The Kier molecular flexibility index (Phi) is 4.33. The molecule has 0 radical (unpaired) electrons. The summed E-state index contributed by atoms with van der Waals surface area (Å²) in [6, 6.07) is 8.41. The zero-order chi connectivity index (χ0) is 13.0. The third-order valence-corrected chi connectivity index (χ3v) is 4.04. The molecule has 96 valence electrons. The summed E-state index contributed by atoms with van der Waals surface area (Å²) in [7, 11) is 1.97. The molecule has 2 aromatic rings. The number of carbonyl (C=O) groups is 1. The molecule has 4 heteroatoms. The molecule has 0 saturated heterocycles. The van der Waals surface area contributed by atoms with Crippen LogP contribution < -0.4 is 0 Å². The van der Waals surface area contributed by atoms with Crippen molar-refractivity contribution in [1.29, 1.82) is 0 Å². The number of benzene rings is 1. The fourth-order valence-corrected chi connectivity index (χ4v) is 2.93. The lowest BCUT2D eigenvalue weighted by atomic mass is 10.1. The fraction of sp³-hybridized carbons (Fsp3) is 0.357. The number of nitrogens with zero attached hydrogens (tertiary/aromatic N) is 1. The van der Waals surface area contributed by atoms with E-state index in [1.807, 2.05) is 7.05 Å². The van der Waals surface area contributed by atoms with Gasteiger partial charge in [-0.05, 0) is 35.9 Å². The summed E-state index contributed by atoms with van der Waals surface area (Å²) in [5, 5.41) is 12.2. The summed E-state index contributed by atoms with van der Waals surface area (Å²) >= 11 is 1.77. The van der Waals surface area contributed by atoms with Crippen LogP contribution in [0, 0.1) is 0 Å². The maximum absolute atomic E-state index is 10.5. The van der Waals surface area contributed by atoms with Gasteiger partial charge in [0.25, 0.3) is 0 Å². The van der Waals surface area contributed by atoms with Gasteiger partial charge >= 0.3 is 5.97 Å². The molecule has 1 aromatic heterocycles. The average molecular weight is 263 g/mol. The first-order valence-electron chi connectivity index (χ1n) is 6.02. The zero-order valence-electron chi connectivity index (χ0n) is 10.4. The molecule has 0 saturated carbocycles. The van der Waals surface area contributed by atoms with Crippen LogP contribution in [0.4, 0.5) is 0 Å². The number of hydrogen-bond donors (Lipinski definition) is 1. The van der Waals surface area contributed by atoms with Gasteiger partial charge in [0.05, 0.1) is 6.42 Å². The van der Waals surface area contributed by atoms with E-state index in [0.29, 0.717) is 6.54 Å². The minimum absolute atomic E-state index is 0.209. The highest BCUT2D eigenvalue weighted by molar-refractivity contribution is 7.17. The standard InChI is InChI=1S/C14H17NO2S/c1-15(9-7-14(16)17)8-6-11-10-18-13-5-3-2-4-12(11)13/h2-5,10H,6-9H2,1H3,(H,16,17). The molecule has 0 aliphatic carbocycles. The van der Waals surface area contributed by atoms with E-state index < -0.39 is 5.97 Å². The van der Waals surface area contributed by atoms with Crippen LogP contribution in [0.5, 0.6) is 0 Å². The molecule has 2 rings (SSSR count). The zero-order valence-corrected chi connectivity index (χ0v) is 11.2. The van der Waals surface area contributed by atoms with Crippen molar-refractivity contribution in [3.8, 4) is 0 Å². The van der Waals surface area contributed by atoms with Gasteiger partial charge in [-0.25, -0.2) is 0 Å². The number of fused-ring (bicyclic) bond motifs is 1. The van der Waals surface area contributed by atoms with Gasteiger partial charge in [-0.3, -0.25) is 4.79 Å². The van der Waals surface area contributed by atoms with Gasteiger partial charge in [-0.15, -0.1) is 11.3 Å². The highest BCUT2D eigenvalue weighted by Gasteiger charge is 2.06. The second-order valence-corrected chi connectivity index (χ2v) is 5.37. The van der Waals surface area contributed by atoms with Crippen LogP contribution in [0.15, 0.2) is 29.6 Å². The van der Waals surface area contributed by atoms with Crippen LogP contribution in [0.25, 0.3) is 10.1 Å². The molecule has 1 heterocycles. The number of hydrogen-bond acceptors (Lipinski definition) is 3. The van der Waals surface area contributed by atoms with Crippen molar-refractivity contribution in [3.05, 3.63) is 35.2 Å². The largest absolute Gasteiger partial charge is 0.481 e. The van der Waals surface area contributed by atoms with E-state index >= 15 is 0 Å². The second-order valence-electron chi connectivity index (χ2n) is 4.45. The Labute approximate surface area is 111 Å². The van der Waals surface area contributed by atoms with E-state index in [9.17, 15) is 4.79 Å². The van der Waals surface area contributed by atoms with Crippen molar-refractivity contribution in [2.45, 2.75) is 12.8 Å². The van der Waals surface area contributed by atoms with Crippen LogP contribution in [0.1, 0.15) is 12.0 Å². The minimum atomic E-state index is -0.733.